The number of fused-ring (bicyclic) bond motifs is 1. The highest BCUT2D eigenvalue weighted by Gasteiger charge is 2.34. The van der Waals surface area contributed by atoms with E-state index in [1.54, 1.807) is 36.4 Å². The maximum absolute atomic E-state index is 13.4. The van der Waals surface area contributed by atoms with Crippen molar-refractivity contribution in [2.75, 3.05) is 19.8 Å². The lowest BCUT2D eigenvalue weighted by Crippen LogP contribution is -2.31. The number of esters is 1. The predicted octanol–water partition coefficient (Wildman–Crippen LogP) is 2.82. The minimum absolute atomic E-state index is 0.0137. The quantitative estimate of drug-likeness (QED) is 0.405. The number of amides is 2. The number of imide groups is 1. The molecule has 0 fully saturated rings. The summed E-state index contributed by atoms with van der Waals surface area (Å²) in [5.41, 5.74) is 0.769. The molecule has 1 aliphatic rings. The molecule has 0 spiro atoms. The Labute approximate surface area is 155 Å². The van der Waals surface area contributed by atoms with Crippen LogP contribution in [-0.2, 0) is 9.53 Å². The number of benzene rings is 2. The molecule has 0 unspecified atom stereocenters. The molecule has 1 aliphatic heterocycles. The van der Waals surface area contributed by atoms with Gasteiger partial charge in [0.25, 0.3) is 11.8 Å². The van der Waals surface area contributed by atoms with Gasteiger partial charge in [0.2, 0.25) is 0 Å². The van der Waals surface area contributed by atoms with Gasteiger partial charge in [0.15, 0.2) is 11.6 Å². The third-order valence-corrected chi connectivity index (χ3v) is 4.08. The first-order valence-corrected chi connectivity index (χ1v) is 8.56. The van der Waals surface area contributed by atoms with Crippen molar-refractivity contribution in [3.05, 3.63) is 65.5 Å². The first-order chi connectivity index (χ1) is 13.1. The number of carbonyl (C=O) groups excluding carboxylic acids is 3. The molecule has 3 rings (SSSR count). The Morgan fingerprint density at radius 1 is 0.926 bits per heavy atom. The molecule has 2 aromatic rings. The number of hydrogen-bond donors (Lipinski definition) is 0. The Kier molecular flexibility index (Phi) is 5.80. The summed E-state index contributed by atoms with van der Waals surface area (Å²) in [7, 11) is 0. The van der Waals surface area contributed by atoms with Gasteiger partial charge in [0.1, 0.15) is 13.2 Å². The van der Waals surface area contributed by atoms with Gasteiger partial charge < -0.3 is 9.47 Å². The van der Waals surface area contributed by atoms with E-state index in [4.69, 9.17) is 9.47 Å². The van der Waals surface area contributed by atoms with Gasteiger partial charge in [-0.05, 0) is 30.7 Å². The second kappa shape index (κ2) is 8.44. The number of hydrogen-bond acceptors (Lipinski definition) is 5. The van der Waals surface area contributed by atoms with Gasteiger partial charge in [0, 0.05) is 13.0 Å². The fourth-order valence-corrected chi connectivity index (χ4v) is 2.76. The maximum atomic E-state index is 13.4. The van der Waals surface area contributed by atoms with E-state index in [2.05, 4.69) is 0 Å². The Balaban J connectivity index is 1.36. The third kappa shape index (κ3) is 4.31. The van der Waals surface area contributed by atoms with Crippen molar-refractivity contribution < 1.29 is 28.2 Å². The van der Waals surface area contributed by atoms with Crippen LogP contribution in [-0.4, -0.2) is 42.4 Å². The molecule has 0 aliphatic carbocycles. The number of para-hydroxylation sites is 1. The highest BCUT2D eigenvalue weighted by Crippen LogP contribution is 2.22. The predicted molar refractivity (Wildman–Crippen MR) is 93.9 cm³/mol. The molecule has 7 heteroatoms. The summed E-state index contributed by atoms with van der Waals surface area (Å²) in [6.07, 6.45) is 0.367. The number of halogens is 1. The standard InChI is InChI=1S/C20H18FNO5/c21-16-8-3-4-9-17(16)26-12-13-27-18(23)10-5-11-22-19(24)14-6-1-2-7-15(14)20(22)25/h1-4,6-9H,5,10-13H2. The average Bonchev–Trinajstić information content (AvgIpc) is 2.92. The van der Waals surface area contributed by atoms with Crippen LogP contribution in [0.5, 0.6) is 5.75 Å². The van der Waals surface area contributed by atoms with E-state index in [0.29, 0.717) is 17.5 Å². The number of ether oxygens (including phenoxy) is 2. The molecule has 140 valence electrons. The molecular formula is C20H18FNO5. The van der Waals surface area contributed by atoms with Crippen LogP contribution in [0, 0.1) is 5.82 Å². The largest absolute Gasteiger partial charge is 0.487 e. The van der Waals surface area contributed by atoms with Crippen LogP contribution < -0.4 is 4.74 Å². The summed E-state index contributed by atoms with van der Waals surface area (Å²) in [5.74, 6) is -1.54. The monoisotopic (exact) mass is 371 g/mol. The minimum Gasteiger partial charge on any atom is -0.487 e. The van der Waals surface area contributed by atoms with Crippen molar-refractivity contribution in [2.45, 2.75) is 12.8 Å². The topological polar surface area (TPSA) is 72.9 Å². The molecule has 0 saturated carbocycles. The van der Waals surface area contributed by atoms with Gasteiger partial charge >= 0.3 is 5.97 Å². The summed E-state index contributed by atoms with van der Waals surface area (Å²) >= 11 is 0. The molecule has 0 radical (unpaired) electrons. The van der Waals surface area contributed by atoms with Crippen LogP contribution in [0.2, 0.25) is 0 Å². The molecule has 0 atom stereocenters. The molecular weight excluding hydrogens is 353 g/mol. The lowest BCUT2D eigenvalue weighted by molar-refractivity contribution is -0.144. The van der Waals surface area contributed by atoms with Crippen molar-refractivity contribution in [1.29, 1.82) is 0 Å². The van der Waals surface area contributed by atoms with Crippen molar-refractivity contribution in [3.8, 4) is 5.75 Å². The van der Waals surface area contributed by atoms with Crippen molar-refractivity contribution in [1.82, 2.24) is 4.90 Å². The molecule has 6 nitrogen and oxygen atoms in total. The van der Waals surface area contributed by atoms with Crippen molar-refractivity contribution in [2.24, 2.45) is 0 Å². The van der Waals surface area contributed by atoms with Crippen LogP contribution in [0.4, 0.5) is 4.39 Å². The number of rotatable bonds is 8. The van der Waals surface area contributed by atoms with Gasteiger partial charge in [-0.15, -0.1) is 0 Å². The van der Waals surface area contributed by atoms with Crippen LogP contribution in [0.3, 0.4) is 0 Å². The van der Waals surface area contributed by atoms with E-state index in [9.17, 15) is 18.8 Å². The molecule has 2 amide bonds. The Hall–Kier alpha value is -3.22. The van der Waals surface area contributed by atoms with E-state index in [1.165, 1.54) is 12.1 Å². The fraction of sp³-hybridized carbons (Fsp3) is 0.250. The Morgan fingerprint density at radius 2 is 1.56 bits per heavy atom. The van der Waals surface area contributed by atoms with Crippen LogP contribution >= 0.6 is 0 Å². The van der Waals surface area contributed by atoms with Crippen LogP contribution in [0.15, 0.2) is 48.5 Å². The van der Waals surface area contributed by atoms with Crippen LogP contribution in [0.1, 0.15) is 33.6 Å². The van der Waals surface area contributed by atoms with E-state index >= 15 is 0 Å². The lowest BCUT2D eigenvalue weighted by Gasteiger charge is -2.13. The normalized spacial score (nSPS) is 12.9. The molecule has 0 saturated heterocycles. The fourth-order valence-electron chi connectivity index (χ4n) is 2.76. The zero-order valence-corrected chi connectivity index (χ0v) is 14.5. The van der Waals surface area contributed by atoms with Crippen molar-refractivity contribution in [3.63, 3.8) is 0 Å². The van der Waals surface area contributed by atoms with E-state index in [-0.39, 0.29) is 43.7 Å². The molecule has 0 aromatic heterocycles. The van der Waals surface area contributed by atoms with Gasteiger partial charge in [-0.25, -0.2) is 4.39 Å². The van der Waals surface area contributed by atoms with E-state index in [1.807, 2.05) is 0 Å². The first-order valence-electron chi connectivity index (χ1n) is 8.56. The minimum atomic E-state index is -0.482. The Bertz CT molecular complexity index is 832. The Morgan fingerprint density at radius 3 is 2.22 bits per heavy atom. The number of nitrogens with zero attached hydrogens (tertiary/aromatic N) is 1. The van der Waals surface area contributed by atoms with Gasteiger partial charge in [-0.2, -0.15) is 0 Å². The second-order valence-electron chi connectivity index (χ2n) is 5.91. The van der Waals surface area contributed by atoms with Crippen LogP contribution in [0.25, 0.3) is 0 Å². The highest BCUT2D eigenvalue weighted by molar-refractivity contribution is 6.21. The zero-order valence-electron chi connectivity index (χ0n) is 14.5. The summed E-state index contributed by atoms with van der Waals surface area (Å²) in [4.78, 5) is 37.3. The SMILES string of the molecule is O=C(CCCN1C(=O)c2ccccc2C1=O)OCCOc1ccccc1F. The summed E-state index contributed by atoms with van der Waals surface area (Å²) in [6.45, 7) is 0.165. The summed E-state index contributed by atoms with van der Waals surface area (Å²) in [6, 6.07) is 12.6. The molecule has 27 heavy (non-hydrogen) atoms. The van der Waals surface area contributed by atoms with Gasteiger partial charge in [-0.3, -0.25) is 19.3 Å². The smallest absolute Gasteiger partial charge is 0.305 e. The molecule has 1 heterocycles. The highest BCUT2D eigenvalue weighted by atomic mass is 19.1. The second-order valence-corrected chi connectivity index (χ2v) is 5.91. The summed E-state index contributed by atoms with van der Waals surface area (Å²) < 4.78 is 23.6. The molecule has 0 N–H and O–H groups in total. The average molecular weight is 371 g/mol. The lowest BCUT2D eigenvalue weighted by atomic mass is 10.1. The maximum Gasteiger partial charge on any atom is 0.305 e. The summed E-state index contributed by atoms with van der Waals surface area (Å²) in [5, 5.41) is 0. The zero-order chi connectivity index (χ0) is 19.2. The molecule has 2 aromatic carbocycles. The third-order valence-electron chi connectivity index (χ3n) is 4.08. The van der Waals surface area contributed by atoms with Gasteiger partial charge in [-0.1, -0.05) is 24.3 Å². The molecule has 0 bridgehead atoms. The first kappa shape index (κ1) is 18.6. The van der Waals surface area contributed by atoms with Gasteiger partial charge in [0.05, 0.1) is 11.1 Å². The van der Waals surface area contributed by atoms with Crippen molar-refractivity contribution >= 4 is 17.8 Å². The van der Waals surface area contributed by atoms with E-state index in [0.717, 1.165) is 4.90 Å². The van der Waals surface area contributed by atoms with E-state index < -0.39 is 11.8 Å². The number of carbonyl (C=O) groups is 3.